The molecule has 2 N–H and O–H groups in total. The van der Waals surface area contributed by atoms with Crippen LogP contribution in [-0.2, 0) is 0 Å². The first-order chi connectivity index (χ1) is 6.02. The van der Waals surface area contributed by atoms with Crippen molar-refractivity contribution in [3.8, 4) is 0 Å². The zero-order chi connectivity index (χ0) is 10.0. The van der Waals surface area contributed by atoms with Gasteiger partial charge in [-0.15, -0.1) is 0 Å². The Labute approximate surface area is 91.0 Å². The van der Waals surface area contributed by atoms with Crippen LogP contribution in [0.5, 0.6) is 0 Å². The molecule has 2 amide bonds. The second-order valence-electron chi connectivity index (χ2n) is 2.25. The van der Waals surface area contributed by atoms with Crippen LogP contribution in [0, 0.1) is 0 Å². The molecule has 0 aliphatic carbocycles. The molecule has 0 aliphatic heterocycles. The minimum Gasteiger partial charge on any atom is -0.350 e. The molecule has 0 unspecified atom stereocenters. The van der Waals surface area contributed by atoms with Gasteiger partial charge >= 0.3 is 6.03 Å². The molecule has 0 saturated heterocycles. The second kappa shape index (κ2) is 4.09. The summed E-state index contributed by atoms with van der Waals surface area (Å²) in [6.07, 6.45) is 0. The summed E-state index contributed by atoms with van der Waals surface area (Å²) in [5.74, 6) is 0. The Morgan fingerprint density at radius 3 is 2.54 bits per heavy atom. The molecule has 0 spiro atoms. The van der Waals surface area contributed by atoms with Gasteiger partial charge in [0, 0.05) is 5.02 Å². The van der Waals surface area contributed by atoms with E-state index in [9.17, 15) is 4.79 Å². The summed E-state index contributed by atoms with van der Waals surface area (Å²) in [4.78, 5) is 10.7. The Morgan fingerprint density at radius 2 is 2.08 bits per heavy atom. The Morgan fingerprint density at radius 1 is 1.46 bits per heavy atom. The normalized spacial score (nSPS) is 9.77. The number of amides is 2. The van der Waals surface area contributed by atoms with Crippen molar-refractivity contribution in [2.24, 2.45) is 5.73 Å². The van der Waals surface area contributed by atoms with E-state index in [1.807, 2.05) is 0 Å². The summed E-state index contributed by atoms with van der Waals surface area (Å²) < 4.78 is 0.943. The molecule has 0 atom stereocenters. The number of nitrogens with two attached hydrogens (primary N) is 1. The highest BCUT2D eigenvalue weighted by Gasteiger charge is 2.11. The molecular weight excluding hydrogens is 231 g/mol. The largest absolute Gasteiger partial charge is 0.350 e. The van der Waals surface area contributed by atoms with Gasteiger partial charge in [0.2, 0.25) is 0 Å². The molecule has 0 aromatic heterocycles. The third-order valence-corrected chi connectivity index (χ3v) is 2.30. The smallest absolute Gasteiger partial charge is 0.329 e. The number of halogens is 2. The maximum atomic E-state index is 10.7. The molecule has 1 aromatic rings. The summed E-state index contributed by atoms with van der Waals surface area (Å²) in [5.41, 5.74) is 5.40. The molecule has 70 valence electrons. The number of urea groups is 1. The van der Waals surface area contributed by atoms with E-state index in [4.69, 9.17) is 28.9 Å². The number of carbonyl (C=O) groups is 1. The Bertz CT molecular complexity index is 345. The van der Waals surface area contributed by atoms with Crippen LogP contribution in [0.3, 0.4) is 0 Å². The standard InChI is InChI=1S/C7H6Cl2N2OS/c8-4-1-2-6(5(9)3-4)11(13)7(10)12/h1-3,13H,(H2,10,12). The van der Waals surface area contributed by atoms with E-state index in [1.54, 1.807) is 12.1 Å². The Balaban J connectivity index is 3.08. The zero-order valence-electron chi connectivity index (χ0n) is 6.37. The number of thiol groups is 1. The number of carbonyl (C=O) groups excluding carboxylic acids is 1. The third kappa shape index (κ3) is 2.43. The van der Waals surface area contributed by atoms with E-state index in [-0.39, 0.29) is 0 Å². The van der Waals surface area contributed by atoms with E-state index in [1.165, 1.54) is 6.07 Å². The Hall–Kier alpha value is -0.580. The van der Waals surface area contributed by atoms with Gasteiger partial charge in [-0.3, -0.25) is 0 Å². The van der Waals surface area contributed by atoms with Crippen LogP contribution in [0.25, 0.3) is 0 Å². The van der Waals surface area contributed by atoms with Gasteiger partial charge in [0.15, 0.2) is 0 Å². The van der Waals surface area contributed by atoms with Gasteiger partial charge in [0.05, 0.1) is 10.7 Å². The van der Waals surface area contributed by atoms with E-state index < -0.39 is 6.03 Å². The van der Waals surface area contributed by atoms with Crippen LogP contribution in [-0.4, -0.2) is 6.03 Å². The van der Waals surface area contributed by atoms with Crippen LogP contribution in [0.4, 0.5) is 10.5 Å². The topological polar surface area (TPSA) is 46.3 Å². The predicted octanol–water partition coefficient (Wildman–Crippen LogP) is 2.72. The highest BCUT2D eigenvalue weighted by molar-refractivity contribution is 7.82. The van der Waals surface area contributed by atoms with Gasteiger partial charge in [-0.05, 0) is 18.2 Å². The van der Waals surface area contributed by atoms with E-state index in [2.05, 4.69) is 12.8 Å². The number of hydrogen-bond donors (Lipinski definition) is 2. The lowest BCUT2D eigenvalue weighted by Gasteiger charge is -2.13. The number of hydrogen-bond acceptors (Lipinski definition) is 2. The summed E-state index contributed by atoms with van der Waals surface area (Å²) in [6.45, 7) is 0. The summed E-state index contributed by atoms with van der Waals surface area (Å²) in [6, 6.07) is 3.95. The summed E-state index contributed by atoms with van der Waals surface area (Å²) >= 11 is 15.3. The van der Waals surface area contributed by atoms with E-state index in [0.29, 0.717) is 15.7 Å². The molecule has 0 saturated carbocycles. The van der Waals surface area contributed by atoms with Crippen molar-refractivity contribution in [1.29, 1.82) is 0 Å². The number of benzene rings is 1. The van der Waals surface area contributed by atoms with Crippen molar-refractivity contribution >= 4 is 47.7 Å². The second-order valence-corrected chi connectivity index (χ2v) is 3.49. The first kappa shape index (κ1) is 10.5. The fourth-order valence-electron chi connectivity index (χ4n) is 0.772. The van der Waals surface area contributed by atoms with Crippen LogP contribution in [0.2, 0.25) is 10.0 Å². The highest BCUT2D eigenvalue weighted by Crippen LogP contribution is 2.29. The number of nitrogens with zero attached hydrogens (tertiary/aromatic N) is 1. The van der Waals surface area contributed by atoms with E-state index >= 15 is 0 Å². The lowest BCUT2D eigenvalue weighted by atomic mass is 10.3. The van der Waals surface area contributed by atoms with Gasteiger partial charge < -0.3 is 5.73 Å². The monoisotopic (exact) mass is 236 g/mol. The van der Waals surface area contributed by atoms with Crippen molar-refractivity contribution in [1.82, 2.24) is 0 Å². The van der Waals surface area contributed by atoms with Crippen LogP contribution in [0.15, 0.2) is 18.2 Å². The van der Waals surface area contributed by atoms with Gasteiger partial charge in [-0.25, -0.2) is 9.10 Å². The average Bonchev–Trinajstić information content (AvgIpc) is 2.03. The zero-order valence-corrected chi connectivity index (χ0v) is 8.77. The highest BCUT2D eigenvalue weighted by atomic mass is 35.5. The molecule has 0 bridgehead atoms. The van der Waals surface area contributed by atoms with Crippen molar-refractivity contribution in [3.63, 3.8) is 0 Å². The third-order valence-electron chi connectivity index (χ3n) is 1.35. The number of anilines is 1. The van der Waals surface area contributed by atoms with Gasteiger partial charge in [-0.2, -0.15) is 0 Å². The van der Waals surface area contributed by atoms with Crippen molar-refractivity contribution in [2.75, 3.05) is 4.31 Å². The minimum atomic E-state index is -0.701. The molecule has 0 aliphatic rings. The maximum Gasteiger partial charge on any atom is 0.329 e. The van der Waals surface area contributed by atoms with E-state index in [0.717, 1.165) is 4.31 Å². The molecule has 0 fully saturated rings. The Kier molecular flexibility index (Phi) is 3.30. The average molecular weight is 237 g/mol. The molecule has 13 heavy (non-hydrogen) atoms. The van der Waals surface area contributed by atoms with Crippen molar-refractivity contribution < 1.29 is 4.79 Å². The molecule has 6 heteroatoms. The van der Waals surface area contributed by atoms with Gasteiger partial charge in [0.25, 0.3) is 0 Å². The molecule has 3 nitrogen and oxygen atoms in total. The lowest BCUT2D eigenvalue weighted by molar-refractivity contribution is 0.257. The van der Waals surface area contributed by atoms with Crippen LogP contribution < -0.4 is 10.0 Å². The summed E-state index contributed by atoms with van der Waals surface area (Å²) in [5, 5.41) is 0.807. The van der Waals surface area contributed by atoms with Crippen LogP contribution in [0.1, 0.15) is 0 Å². The molecule has 0 radical (unpaired) electrons. The SMILES string of the molecule is NC(=O)N(S)c1ccc(Cl)cc1Cl. The van der Waals surface area contributed by atoms with Gasteiger partial charge in [-0.1, -0.05) is 36.0 Å². The maximum absolute atomic E-state index is 10.7. The summed E-state index contributed by atoms with van der Waals surface area (Å²) in [7, 11) is 0. The number of primary amides is 1. The quantitative estimate of drug-likeness (QED) is 0.725. The van der Waals surface area contributed by atoms with Gasteiger partial charge in [0.1, 0.15) is 0 Å². The van der Waals surface area contributed by atoms with Crippen LogP contribution >= 0.6 is 36.0 Å². The molecule has 1 rings (SSSR count). The number of rotatable bonds is 1. The van der Waals surface area contributed by atoms with Crippen molar-refractivity contribution in [2.45, 2.75) is 0 Å². The molecule has 1 aromatic carbocycles. The van der Waals surface area contributed by atoms with Crippen molar-refractivity contribution in [3.05, 3.63) is 28.2 Å². The minimum absolute atomic E-state index is 0.321. The first-order valence-corrected chi connectivity index (χ1v) is 4.41. The first-order valence-electron chi connectivity index (χ1n) is 3.26. The molecule has 0 heterocycles. The molecular formula is C7H6Cl2N2OS. The fraction of sp³-hybridized carbons (Fsp3) is 0. The fourth-order valence-corrected chi connectivity index (χ4v) is 1.50. The lowest BCUT2D eigenvalue weighted by Crippen LogP contribution is -2.27. The predicted molar refractivity (Wildman–Crippen MR) is 57.5 cm³/mol.